The fourth-order valence-corrected chi connectivity index (χ4v) is 2.42. The molecule has 0 spiro atoms. The van der Waals surface area contributed by atoms with Gasteiger partial charge in [-0.15, -0.1) is 0 Å². The second-order valence-corrected chi connectivity index (χ2v) is 5.75. The lowest BCUT2D eigenvalue weighted by molar-refractivity contribution is 1.27. The largest absolute Gasteiger partial charge is 0.249 e. The van der Waals surface area contributed by atoms with E-state index in [0.29, 0.717) is 0 Å². The Morgan fingerprint density at radius 2 is 0.846 bits per heavy atom. The maximum Gasteiger partial charge on any atom is 0.0636 e. The van der Waals surface area contributed by atoms with Crippen LogP contribution < -0.4 is 0 Å². The molecule has 0 aliphatic rings. The Bertz CT molecular complexity index is 842. The van der Waals surface area contributed by atoms with Gasteiger partial charge in [-0.3, -0.25) is 0 Å². The maximum absolute atomic E-state index is 4.62. The summed E-state index contributed by atoms with van der Waals surface area (Å²) < 4.78 is 0. The van der Waals surface area contributed by atoms with Gasteiger partial charge in [0.05, 0.1) is 11.4 Å². The summed E-state index contributed by atoms with van der Waals surface area (Å²) in [5.41, 5.74) is 4.26. The molecule has 0 aliphatic heterocycles. The van der Waals surface area contributed by atoms with Crippen molar-refractivity contribution in [2.24, 2.45) is 0 Å². The summed E-state index contributed by atoms with van der Waals surface area (Å²) in [5.74, 6) is 0. The van der Waals surface area contributed by atoms with Gasteiger partial charge < -0.3 is 0 Å². The van der Waals surface area contributed by atoms with Crippen LogP contribution in [0.15, 0.2) is 103 Å². The number of pyridine rings is 1. The van der Waals surface area contributed by atoms with E-state index in [-0.39, 0.29) is 0 Å². The van der Waals surface area contributed by atoms with Crippen LogP contribution in [0.3, 0.4) is 0 Å². The molecule has 3 aromatic rings. The highest BCUT2D eigenvalue weighted by atomic mass is 14.7. The molecule has 0 bridgehead atoms. The summed E-state index contributed by atoms with van der Waals surface area (Å²) >= 11 is 0. The van der Waals surface area contributed by atoms with Gasteiger partial charge in [0.15, 0.2) is 0 Å². The van der Waals surface area contributed by atoms with Crippen LogP contribution >= 0.6 is 0 Å². The predicted octanol–water partition coefficient (Wildman–Crippen LogP) is 6.53. The van der Waals surface area contributed by atoms with E-state index in [1.165, 1.54) is 11.1 Å². The van der Waals surface area contributed by atoms with Crippen LogP contribution in [0.4, 0.5) is 0 Å². The lowest BCUT2D eigenvalue weighted by Gasteiger charge is -1.95. The minimum atomic E-state index is 0.942. The van der Waals surface area contributed by atoms with E-state index >= 15 is 0 Å². The van der Waals surface area contributed by atoms with Crippen molar-refractivity contribution in [1.29, 1.82) is 0 Å². The van der Waals surface area contributed by atoms with Crippen LogP contribution in [-0.4, -0.2) is 4.98 Å². The average molecular weight is 335 g/mol. The fraction of sp³-hybridized carbons (Fsp3) is 0. The quantitative estimate of drug-likeness (QED) is 0.466. The zero-order chi connectivity index (χ0) is 17.9. The molecule has 0 N–H and O–H groups in total. The molecule has 1 heteroatoms. The normalized spacial score (nSPS) is 12.0. The first-order valence-corrected chi connectivity index (χ1v) is 8.67. The second kappa shape index (κ2) is 9.75. The Morgan fingerprint density at radius 3 is 1.31 bits per heavy atom. The van der Waals surface area contributed by atoms with Crippen LogP contribution in [0.25, 0.3) is 24.3 Å². The van der Waals surface area contributed by atoms with Gasteiger partial charge in [0, 0.05) is 0 Å². The molecule has 2 aromatic carbocycles. The number of benzene rings is 2. The summed E-state index contributed by atoms with van der Waals surface area (Å²) in [7, 11) is 0. The number of aromatic nitrogens is 1. The van der Waals surface area contributed by atoms with Crippen LogP contribution in [0.1, 0.15) is 22.5 Å². The molecule has 0 atom stereocenters. The summed E-state index contributed by atoms with van der Waals surface area (Å²) in [6.07, 6.45) is 16.3. The lowest BCUT2D eigenvalue weighted by atomic mass is 10.2. The topological polar surface area (TPSA) is 12.9 Å². The zero-order valence-electron chi connectivity index (χ0n) is 14.6. The minimum absolute atomic E-state index is 0.942. The van der Waals surface area contributed by atoms with Crippen LogP contribution in [-0.2, 0) is 0 Å². The monoisotopic (exact) mass is 335 g/mol. The number of hydrogen-bond donors (Lipinski definition) is 0. The SMILES string of the molecule is C(C=Cc1cccc(C=CC=Cc2ccccc2)n1)=Cc1ccccc1. The molecule has 0 saturated carbocycles. The molecule has 0 amide bonds. The average Bonchev–Trinajstić information content (AvgIpc) is 2.71. The number of allylic oxidation sites excluding steroid dienone is 4. The second-order valence-electron chi connectivity index (χ2n) is 5.75. The van der Waals surface area contributed by atoms with E-state index in [1.807, 2.05) is 91.1 Å². The van der Waals surface area contributed by atoms with Gasteiger partial charge in [-0.25, -0.2) is 4.98 Å². The first-order valence-electron chi connectivity index (χ1n) is 8.67. The van der Waals surface area contributed by atoms with E-state index < -0.39 is 0 Å². The van der Waals surface area contributed by atoms with E-state index in [2.05, 4.69) is 41.4 Å². The van der Waals surface area contributed by atoms with Gasteiger partial charge in [0.1, 0.15) is 0 Å². The summed E-state index contributed by atoms with van der Waals surface area (Å²) in [4.78, 5) is 4.62. The van der Waals surface area contributed by atoms with Crippen molar-refractivity contribution >= 4 is 24.3 Å². The lowest BCUT2D eigenvalue weighted by Crippen LogP contribution is -1.83. The van der Waals surface area contributed by atoms with Gasteiger partial charge in [-0.1, -0.05) is 103 Å². The number of hydrogen-bond acceptors (Lipinski definition) is 1. The van der Waals surface area contributed by atoms with Crippen LogP contribution in [0.2, 0.25) is 0 Å². The van der Waals surface area contributed by atoms with Crippen molar-refractivity contribution < 1.29 is 0 Å². The van der Waals surface area contributed by atoms with E-state index in [4.69, 9.17) is 0 Å². The molecule has 0 aliphatic carbocycles. The van der Waals surface area contributed by atoms with Gasteiger partial charge in [-0.05, 0) is 35.4 Å². The Balaban J connectivity index is 1.59. The standard InChI is InChI=1S/C25H21N/c1-3-12-22(13-4-1)16-7-9-18-24-20-11-21-25(26-24)19-10-8-17-23-14-5-2-6-15-23/h1-21H. The smallest absolute Gasteiger partial charge is 0.0636 e. The van der Waals surface area contributed by atoms with Crippen LogP contribution in [0.5, 0.6) is 0 Å². The van der Waals surface area contributed by atoms with E-state index in [0.717, 1.165) is 11.4 Å². The number of rotatable bonds is 6. The molecular formula is C25H21N. The van der Waals surface area contributed by atoms with Crippen molar-refractivity contribution in [3.8, 4) is 0 Å². The van der Waals surface area contributed by atoms with Gasteiger partial charge in [-0.2, -0.15) is 0 Å². The molecule has 26 heavy (non-hydrogen) atoms. The molecular weight excluding hydrogens is 314 g/mol. The molecule has 1 aromatic heterocycles. The summed E-state index contributed by atoms with van der Waals surface area (Å²) in [5, 5.41) is 0. The Labute approximate surface area is 155 Å². The Morgan fingerprint density at radius 1 is 0.423 bits per heavy atom. The van der Waals surface area contributed by atoms with Gasteiger partial charge in [0.2, 0.25) is 0 Å². The van der Waals surface area contributed by atoms with E-state index in [1.54, 1.807) is 0 Å². The van der Waals surface area contributed by atoms with Crippen molar-refractivity contribution in [1.82, 2.24) is 4.98 Å². The highest BCUT2D eigenvalue weighted by Crippen LogP contribution is 2.06. The first kappa shape index (κ1) is 17.4. The molecule has 1 nitrogen and oxygen atoms in total. The zero-order valence-corrected chi connectivity index (χ0v) is 14.6. The molecule has 0 radical (unpaired) electrons. The third-order valence-corrected chi connectivity index (χ3v) is 3.72. The molecule has 0 fully saturated rings. The van der Waals surface area contributed by atoms with Gasteiger partial charge >= 0.3 is 0 Å². The highest BCUT2D eigenvalue weighted by molar-refractivity contribution is 5.58. The molecule has 1 heterocycles. The number of nitrogens with zero attached hydrogens (tertiary/aromatic N) is 1. The van der Waals surface area contributed by atoms with Gasteiger partial charge in [0.25, 0.3) is 0 Å². The minimum Gasteiger partial charge on any atom is -0.249 e. The first-order chi connectivity index (χ1) is 12.9. The van der Waals surface area contributed by atoms with Crippen molar-refractivity contribution in [2.75, 3.05) is 0 Å². The van der Waals surface area contributed by atoms with Crippen molar-refractivity contribution in [3.05, 3.63) is 126 Å². The third-order valence-electron chi connectivity index (χ3n) is 3.72. The Kier molecular flexibility index (Phi) is 6.52. The maximum atomic E-state index is 4.62. The predicted molar refractivity (Wildman–Crippen MR) is 113 cm³/mol. The molecule has 3 rings (SSSR count). The summed E-state index contributed by atoms with van der Waals surface area (Å²) in [6, 6.07) is 26.5. The Hall–Kier alpha value is -3.45. The van der Waals surface area contributed by atoms with Crippen molar-refractivity contribution in [3.63, 3.8) is 0 Å². The summed E-state index contributed by atoms with van der Waals surface area (Å²) in [6.45, 7) is 0. The van der Waals surface area contributed by atoms with Crippen molar-refractivity contribution in [2.45, 2.75) is 0 Å². The van der Waals surface area contributed by atoms with Crippen LogP contribution in [0, 0.1) is 0 Å². The third kappa shape index (κ3) is 5.88. The highest BCUT2D eigenvalue weighted by Gasteiger charge is 1.90. The molecule has 0 saturated heterocycles. The molecule has 126 valence electrons. The van der Waals surface area contributed by atoms with E-state index in [9.17, 15) is 0 Å². The molecule has 0 unspecified atom stereocenters. The fourth-order valence-electron chi connectivity index (χ4n) is 2.42.